The second-order valence-corrected chi connectivity index (χ2v) is 14.2. The highest BCUT2D eigenvalue weighted by Crippen LogP contribution is 2.61. The Morgan fingerprint density at radius 3 is 1.03 bits per heavy atom. The Morgan fingerprint density at radius 1 is 0.588 bits per heavy atom. The van der Waals surface area contributed by atoms with Gasteiger partial charge in [0, 0.05) is 7.26 Å². The van der Waals surface area contributed by atoms with Gasteiger partial charge < -0.3 is 0 Å². The molecule has 0 aromatic rings. The average molecular weight is 560 g/mol. The largest absolute Gasteiger partial charge is 0.460 e. The Hall–Kier alpha value is -0.290. The molecule has 0 radical (unpaired) electrons. The van der Waals surface area contributed by atoms with E-state index in [-0.39, 0.29) is 0 Å². The summed E-state index contributed by atoms with van der Waals surface area (Å²) in [6.07, 6.45) is 10.8. The van der Waals surface area contributed by atoms with Crippen molar-refractivity contribution in [3.8, 4) is 0 Å². The molecule has 0 spiro atoms. The van der Waals surface area contributed by atoms with Gasteiger partial charge in [0.2, 0.25) is 0 Å². The Balaban J connectivity index is 0. The van der Waals surface area contributed by atoms with Crippen LogP contribution in [0.1, 0.15) is 79.1 Å². The molecule has 0 saturated heterocycles. The first-order chi connectivity index (χ1) is 15.2. The second-order valence-electron chi connectivity index (χ2n) is 8.29. The molecule has 0 fully saturated rings. The molecule has 3 nitrogen and oxygen atoms in total. The van der Waals surface area contributed by atoms with Crippen molar-refractivity contribution in [1.82, 2.24) is 0 Å². The zero-order valence-corrected chi connectivity index (χ0v) is 21.7. The second kappa shape index (κ2) is 14.4. The van der Waals surface area contributed by atoms with Gasteiger partial charge in [-0.25, -0.2) is 0 Å². The molecule has 0 unspecified atom stereocenters. The van der Waals surface area contributed by atoms with Crippen molar-refractivity contribution < 1.29 is 52.5 Å². The summed E-state index contributed by atoms with van der Waals surface area (Å²) in [6, 6.07) is 0. The molecule has 1 N–H and O–H groups in total. The van der Waals surface area contributed by atoms with Gasteiger partial charge >= 0.3 is 33.4 Å². The highest BCUT2D eigenvalue weighted by atomic mass is 32.2. The van der Waals surface area contributed by atoms with E-state index in [1.807, 2.05) is 0 Å². The van der Waals surface area contributed by atoms with E-state index in [9.17, 15) is 47.9 Å². The van der Waals surface area contributed by atoms with E-state index in [4.69, 9.17) is 4.55 Å². The van der Waals surface area contributed by atoms with E-state index in [2.05, 4.69) is 27.7 Å². The number of hydrogen-bond donors (Lipinski definition) is 1. The van der Waals surface area contributed by atoms with Crippen molar-refractivity contribution in [3.63, 3.8) is 0 Å². The fourth-order valence-corrected chi connectivity index (χ4v) is 8.91. The topological polar surface area (TPSA) is 54.4 Å². The minimum absolute atomic E-state index is 0.562. The molecule has 0 bridgehead atoms. The van der Waals surface area contributed by atoms with E-state index in [0.29, 0.717) is 0 Å². The van der Waals surface area contributed by atoms with Gasteiger partial charge in [0.05, 0.1) is 24.6 Å². The van der Waals surface area contributed by atoms with Gasteiger partial charge in [0.15, 0.2) is 0 Å². The van der Waals surface area contributed by atoms with Crippen LogP contribution in [0.3, 0.4) is 0 Å². The molecular formula is C20H37F9O3PS+. The van der Waals surface area contributed by atoms with Crippen molar-refractivity contribution in [1.29, 1.82) is 0 Å². The van der Waals surface area contributed by atoms with Crippen molar-refractivity contribution in [3.05, 3.63) is 0 Å². The highest BCUT2D eigenvalue weighted by molar-refractivity contribution is 7.87. The number of rotatable bonds is 15. The first-order valence-corrected chi connectivity index (χ1v) is 15.2. The third-order valence-corrected chi connectivity index (χ3v) is 11.3. The van der Waals surface area contributed by atoms with Crippen molar-refractivity contribution in [2.24, 2.45) is 0 Å². The smallest absolute Gasteiger partial charge is 0.281 e. The van der Waals surface area contributed by atoms with Crippen LogP contribution in [0.5, 0.6) is 0 Å². The number of halogens is 9. The van der Waals surface area contributed by atoms with Crippen LogP contribution >= 0.6 is 7.26 Å². The minimum Gasteiger partial charge on any atom is -0.281 e. The quantitative estimate of drug-likeness (QED) is 0.124. The van der Waals surface area contributed by atoms with Gasteiger partial charge in [-0.05, 0) is 25.7 Å². The molecule has 34 heavy (non-hydrogen) atoms. The third-order valence-electron chi connectivity index (χ3n) is 5.38. The Bertz CT molecular complexity index is 631. The van der Waals surface area contributed by atoms with Crippen LogP contribution < -0.4 is 0 Å². The lowest BCUT2D eigenvalue weighted by atomic mass is 10.1. The van der Waals surface area contributed by atoms with Crippen LogP contribution in [0, 0.1) is 0 Å². The molecule has 14 heteroatoms. The first-order valence-electron chi connectivity index (χ1n) is 11.3. The molecule has 0 rings (SSSR count). The van der Waals surface area contributed by atoms with Crippen LogP contribution in [-0.2, 0) is 10.1 Å². The molecule has 208 valence electrons. The van der Waals surface area contributed by atoms with Crippen LogP contribution in [0.2, 0.25) is 0 Å². The summed E-state index contributed by atoms with van der Waals surface area (Å²) in [5, 5.41) is -7.00. The fourth-order valence-electron chi connectivity index (χ4n) is 3.17. The number of alkyl halides is 9. The molecule has 0 aliphatic carbocycles. The molecule has 0 aliphatic rings. The van der Waals surface area contributed by atoms with Crippen LogP contribution in [0.4, 0.5) is 39.5 Å². The van der Waals surface area contributed by atoms with E-state index < -0.39 is 40.7 Å². The molecular weight excluding hydrogens is 522 g/mol. The van der Waals surface area contributed by atoms with Gasteiger partial charge in [-0.1, -0.05) is 53.4 Å². The normalized spacial score (nSPS) is 14.1. The minimum atomic E-state index is -7.37. The Labute approximate surface area is 197 Å². The monoisotopic (exact) mass is 559 g/mol. The summed E-state index contributed by atoms with van der Waals surface area (Å²) in [5.74, 6) is -14.7. The Kier molecular flexibility index (Phi) is 15.2. The summed E-state index contributed by atoms with van der Waals surface area (Å²) < 4.78 is 134. The maximum absolute atomic E-state index is 12.2. The molecule has 0 heterocycles. The van der Waals surface area contributed by atoms with Gasteiger partial charge in [0.25, 0.3) is 0 Å². The van der Waals surface area contributed by atoms with Gasteiger partial charge in [0.1, 0.15) is 0 Å². The maximum Gasteiger partial charge on any atom is 0.460 e. The fraction of sp³-hybridized carbons (Fsp3) is 1.00. The van der Waals surface area contributed by atoms with Crippen molar-refractivity contribution >= 4 is 17.4 Å². The molecule has 0 saturated carbocycles. The van der Waals surface area contributed by atoms with Gasteiger partial charge in [-0.15, -0.1) is 0 Å². The molecule has 0 atom stereocenters. The molecule has 0 aromatic carbocycles. The zero-order valence-electron chi connectivity index (χ0n) is 20.0. The predicted molar refractivity (Wildman–Crippen MR) is 118 cm³/mol. The summed E-state index contributed by atoms with van der Waals surface area (Å²) in [5.41, 5.74) is 0. The van der Waals surface area contributed by atoms with Crippen molar-refractivity contribution in [2.75, 3.05) is 24.6 Å². The highest BCUT2D eigenvalue weighted by Gasteiger charge is 2.85. The average Bonchev–Trinajstić information content (AvgIpc) is 2.71. The molecule has 0 aliphatic heterocycles. The maximum atomic E-state index is 12.2. The summed E-state index contributed by atoms with van der Waals surface area (Å²) in [7, 11) is -7.73. The van der Waals surface area contributed by atoms with Crippen LogP contribution in [-0.4, -0.2) is 60.9 Å². The number of unbranched alkanes of at least 4 members (excludes halogenated alkanes) is 4. The summed E-state index contributed by atoms with van der Waals surface area (Å²) in [4.78, 5) is 0. The van der Waals surface area contributed by atoms with E-state index in [1.54, 1.807) is 24.6 Å². The summed E-state index contributed by atoms with van der Waals surface area (Å²) >= 11 is 0. The lowest BCUT2D eigenvalue weighted by Gasteiger charge is -2.31. The van der Waals surface area contributed by atoms with Crippen molar-refractivity contribution in [2.45, 2.75) is 102 Å². The SMILES string of the molecule is CCCC[P+](CCCC)(CCCC)CCCC.O=S(=O)(O)C(F)(F)C(F)(F)C(F)(F)C(F)(F)F. The lowest BCUT2D eigenvalue weighted by Crippen LogP contribution is -2.63. The van der Waals surface area contributed by atoms with Crippen LogP contribution in [0.25, 0.3) is 0 Å². The third kappa shape index (κ3) is 9.64. The van der Waals surface area contributed by atoms with Crippen LogP contribution in [0.15, 0.2) is 0 Å². The van der Waals surface area contributed by atoms with E-state index in [0.717, 1.165) is 0 Å². The van der Waals surface area contributed by atoms with Gasteiger partial charge in [-0.2, -0.15) is 47.9 Å². The molecule has 0 aromatic heterocycles. The predicted octanol–water partition coefficient (Wildman–Crippen LogP) is 8.50. The standard InChI is InChI=1S/C16H36P.C4HF9O3S/c1-5-9-13-17(14-10-6-2,15-11-7-3)16-12-8-4;5-1(6,3(9,10)11)2(7,8)4(12,13)17(14,15)16/h5-16H2,1-4H3;(H,14,15,16)/q+1;. The lowest BCUT2D eigenvalue weighted by molar-refractivity contribution is -0.382. The zero-order chi connectivity index (χ0) is 27.5. The Morgan fingerprint density at radius 2 is 0.853 bits per heavy atom. The van der Waals surface area contributed by atoms with Gasteiger partial charge in [-0.3, -0.25) is 4.55 Å². The molecule has 0 amide bonds. The first kappa shape index (κ1) is 35.9. The van der Waals surface area contributed by atoms with E-state index >= 15 is 0 Å². The number of hydrogen-bond acceptors (Lipinski definition) is 2. The van der Waals surface area contributed by atoms with E-state index in [1.165, 1.54) is 51.4 Å². The summed E-state index contributed by atoms with van der Waals surface area (Å²) in [6.45, 7) is 9.42.